The lowest BCUT2D eigenvalue weighted by Gasteiger charge is -2.24. The van der Waals surface area contributed by atoms with Crippen LogP contribution in [0.5, 0.6) is 0 Å². The Labute approximate surface area is 155 Å². The van der Waals surface area contributed by atoms with Crippen molar-refractivity contribution in [3.05, 3.63) is 0 Å². The fourth-order valence-electron chi connectivity index (χ4n) is 1.99. The fraction of sp³-hybridized carbons (Fsp3) is 0.765. The monoisotopic (exact) mass is 371 g/mol. The lowest BCUT2D eigenvalue weighted by atomic mass is 10.0. The Kier molecular flexibility index (Phi) is 11.2. The van der Waals surface area contributed by atoms with E-state index in [0.29, 0.717) is 12.5 Å². The molecular formula is C17H33N5O4. The molecule has 0 unspecified atom stereocenters. The number of carbonyl (C=O) groups excluding carboxylic acids is 4. The van der Waals surface area contributed by atoms with Crippen LogP contribution in [-0.2, 0) is 19.2 Å². The van der Waals surface area contributed by atoms with E-state index in [4.69, 9.17) is 0 Å². The second-order valence-electron chi connectivity index (χ2n) is 6.97. The molecule has 0 radical (unpaired) electrons. The van der Waals surface area contributed by atoms with Crippen molar-refractivity contribution < 1.29 is 19.2 Å². The predicted molar refractivity (Wildman–Crippen MR) is 99.2 cm³/mol. The largest absolute Gasteiger partial charge is 0.354 e. The number of nitrogens with one attached hydrogen (secondary N) is 5. The molecular weight excluding hydrogens is 338 g/mol. The van der Waals surface area contributed by atoms with Gasteiger partial charge in [-0.2, -0.15) is 0 Å². The van der Waals surface area contributed by atoms with Gasteiger partial charge >= 0.3 is 0 Å². The number of likely N-dealkylation sites (N-methyl/N-ethyl adjacent to an activating group) is 1. The van der Waals surface area contributed by atoms with E-state index < -0.39 is 23.9 Å². The lowest BCUT2D eigenvalue weighted by molar-refractivity contribution is -0.133. The zero-order valence-corrected chi connectivity index (χ0v) is 16.6. The van der Waals surface area contributed by atoms with E-state index in [1.54, 1.807) is 27.8 Å². The summed E-state index contributed by atoms with van der Waals surface area (Å²) in [6.07, 6.45) is 0. The molecule has 0 spiro atoms. The summed E-state index contributed by atoms with van der Waals surface area (Å²) in [5.41, 5.74) is 0. The quantitative estimate of drug-likeness (QED) is 0.310. The molecule has 0 aromatic carbocycles. The van der Waals surface area contributed by atoms with Crippen molar-refractivity contribution in [3.8, 4) is 0 Å². The third kappa shape index (κ3) is 9.97. The average molecular weight is 371 g/mol. The average Bonchev–Trinajstić information content (AvgIpc) is 2.55. The summed E-state index contributed by atoms with van der Waals surface area (Å²) in [4.78, 5) is 47.7. The first-order valence-electron chi connectivity index (χ1n) is 8.87. The van der Waals surface area contributed by atoms with Crippen molar-refractivity contribution in [1.82, 2.24) is 26.6 Å². The molecule has 0 saturated carbocycles. The van der Waals surface area contributed by atoms with E-state index in [2.05, 4.69) is 26.6 Å². The van der Waals surface area contributed by atoms with Crippen LogP contribution in [0.1, 0.15) is 34.6 Å². The minimum absolute atomic E-state index is 0.102. The lowest BCUT2D eigenvalue weighted by Crippen LogP contribution is -2.56. The van der Waals surface area contributed by atoms with Crippen LogP contribution in [0.25, 0.3) is 0 Å². The Morgan fingerprint density at radius 3 is 1.88 bits per heavy atom. The highest BCUT2D eigenvalue weighted by atomic mass is 16.2. The third-order valence-electron chi connectivity index (χ3n) is 3.49. The Hall–Kier alpha value is -2.16. The first-order chi connectivity index (χ1) is 12.1. The van der Waals surface area contributed by atoms with Crippen LogP contribution in [0.3, 0.4) is 0 Å². The van der Waals surface area contributed by atoms with Crippen LogP contribution in [0.2, 0.25) is 0 Å². The summed E-state index contributed by atoms with van der Waals surface area (Å²) in [6.45, 7) is 9.51. The second kappa shape index (κ2) is 12.2. The highest BCUT2D eigenvalue weighted by Crippen LogP contribution is 2.02. The number of hydrogen-bond donors (Lipinski definition) is 5. The number of rotatable bonds is 11. The second-order valence-corrected chi connectivity index (χ2v) is 6.97. The van der Waals surface area contributed by atoms with Gasteiger partial charge < -0.3 is 26.6 Å². The SMILES string of the molecule is CNCC(=O)NCC(=O)N[C@H](C(=O)N[C@@H](C)C(=O)NCC(C)C)C(C)C. The van der Waals surface area contributed by atoms with Gasteiger partial charge in [0.1, 0.15) is 12.1 Å². The van der Waals surface area contributed by atoms with Crippen LogP contribution in [0, 0.1) is 11.8 Å². The van der Waals surface area contributed by atoms with E-state index in [-0.39, 0.29) is 30.8 Å². The van der Waals surface area contributed by atoms with Crippen LogP contribution in [-0.4, -0.2) is 62.4 Å². The number of carbonyl (C=O) groups is 4. The first kappa shape index (κ1) is 23.8. The molecule has 0 saturated heterocycles. The molecule has 9 heteroatoms. The van der Waals surface area contributed by atoms with Crippen molar-refractivity contribution in [2.24, 2.45) is 11.8 Å². The van der Waals surface area contributed by atoms with Gasteiger partial charge in [-0.05, 0) is 25.8 Å². The van der Waals surface area contributed by atoms with Gasteiger partial charge in [-0.3, -0.25) is 19.2 Å². The van der Waals surface area contributed by atoms with Gasteiger partial charge in [0.2, 0.25) is 23.6 Å². The summed E-state index contributed by atoms with van der Waals surface area (Å²) in [7, 11) is 1.62. The van der Waals surface area contributed by atoms with Crippen LogP contribution in [0.15, 0.2) is 0 Å². The predicted octanol–water partition coefficient (Wildman–Crippen LogP) is -1.26. The molecule has 0 heterocycles. The van der Waals surface area contributed by atoms with E-state index in [1.165, 1.54) is 0 Å². The van der Waals surface area contributed by atoms with Gasteiger partial charge in [0.05, 0.1) is 13.1 Å². The van der Waals surface area contributed by atoms with Gasteiger partial charge in [0.15, 0.2) is 0 Å². The minimum atomic E-state index is -0.802. The zero-order valence-electron chi connectivity index (χ0n) is 16.6. The Balaban J connectivity index is 4.58. The smallest absolute Gasteiger partial charge is 0.243 e. The molecule has 26 heavy (non-hydrogen) atoms. The molecule has 5 N–H and O–H groups in total. The topological polar surface area (TPSA) is 128 Å². The summed E-state index contributed by atoms with van der Waals surface area (Å²) in [5.74, 6) is -1.38. The van der Waals surface area contributed by atoms with Gasteiger partial charge in [-0.25, -0.2) is 0 Å². The van der Waals surface area contributed by atoms with Gasteiger partial charge in [-0.1, -0.05) is 27.7 Å². The molecule has 2 atom stereocenters. The maximum absolute atomic E-state index is 12.4. The Bertz CT molecular complexity index is 494. The number of amides is 4. The molecule has 0 rings (SSSR count). The van der Waals surface area contributed by atoms with Crippen molar-refractivity contribution in [2.45, 2.75) is 46.7 Å². The Morgan fingerprint density at radius 1 is 0.769 bits per heavy atom. The van der Waals surface area contributed by atoms with E-state index in [0.717, 1.165) is 0 Å². The van der Waals surface area contributed by atoms with Crippen LogP contribution < -0.4 is 26.6 Å². The summed E-state index contributed by atoms with van der Waals surface area (Å²) in [5, 5.41) is 13.1. The fourth-order valence-corrected chi connectivity index (χ4v) is 1.99. The summed E-state index contributed by atoms with van der Waals surface area (Å²) >= 11 is 0. The molecule has 0 aromatic heterocycles. The third-order valence-corrected chi connectivity index (χ3v) is 3.49. The maximum atomic E-state index is 12.4. The zero-order chi connectivity index (χ0) is 20.3. The molecule has 0 aliphatic heterocycles. The molecule has 9 nitrogen and oxygen atoms in total. The van der Waals surface area contributed by atoms with Gasteiger partial charge in [-0.15, -0.1) is 0 Å². The molecule has 4 amide bonds. The van der Waals surface area contributed by atoms with Crippen LogP contribution >= 0.6 is 0 Å². The summed E-state index contributed by atoms with van der Waals surface area (Å²) in [6, 6.07) is -1.52. The normalized spacial score (nSPS) is 13.1. The van der Waals surface area contributed by atoms with E-state index in [9.17, 15) is 19.2 Å². The van der Waals surface area contributed by atoms with Crippen molar-refractivity contribution in [1.29, 1.82) is 0 Å². The van der Waals surface area contributed by atoms with Crippen molar-refractivity contribution in [3.63, 3.8) is 0 Å². The van der Waals surface area contributed by atoms with E-state index in [1.807, 2.05) is 13.8 Å². The molecule has 0 bridgehead atoms. The van der Waals surface area contributed by atoms with Gasteiger partial charge in [0, 0.05) is 6.54 Å². The molecule has 0 fully saturated rings. The van der Waals surface area contributed by atoms with Crippen molar-refractivity contribution in [2.75, 3.05) is 26.7 Å². The minimum Gasteiger partial charge on any atom is -0.354 e. The highest BCUT2D eigenvalue weighted by Gasteiger charge is 2.26. The number of hydrogen-bond acceptors (Lipinski definition) is 5. The first-order valence-corrected chi connectivity index (χ1v) is 8.87. The maximum Gasteiger partial charge on any atom is 0.243 e. The standard InChI is InChI=1S/C17H33N5O4/c1-10(2)7-20-16(25)12(5)21-17(26)15(11(3)4)22-14(24)9-19-13(23)8-18-6/h10-12,15,18H,7-9H2,1-6H3,(H,19,23)(H,20,25)(H,21,26)(H,22,24)/t12-,15-/m0/s1. The Morgan fingerprint density at radius 2 is 1.38 bits per heavy atom. The van der Waals surface area contributed by atoms with Crippen molar-refractivity contribution >= 4 is 23.6 Å². The molecule has 0 aromatic rings. The molecule has 0 aliphatic rings. The molecule has 0 aliphatic carbocycles. The highest BCUT2D eigenvalue weighted by molar-refractivity contribution is 5.93. The van der Waals surface area contributed by atoms with Gasteiger partial charge in [0.25, 0.3) is 0 Å². The summed E-state index contributed by atoms with van der Waals surface area (Å²) < 4.78 is 0. The van der Waals surface area contributed by atoms with E-state index >= 15 is 0 Å². The van der Waals surface area contributed by atoms with Crippen LogP contribution in [0.4, 0.5) is 0 Å². The molecule has 150 valence electrons.